The molecule has 98 valence electrons. The number of amides is 1. The average molecular weight is 251 g/mol. The topological polar surface area (TPSA) is 40.5 Å². The maximum atomic E-state index is 13.4. The Labute approximate surface area is 106 Å². The first-order valence-electron chi connectivity index (χ1n) is 6.32. The van der Waals surface area contributed by atoms with Crippen LogP contribution in [0.4, 0.5) is 4.39 Å². The molecule has 2 rings (SSSR count). The fraction of sp³-hybridized carbons (Fsp3) is 0.500. The van der Waals surface area contributed by atoms with E-state index in [4.69, 9.17) is 5.11 Å². The highest BCUT2D eigenvalue weighted by molar-refractivity contribution is 5.78. The molecule has 4 heteroatoms. The zero-order valence-electron chi connectivity index (χ0n) is 10.3. The summed E-state index contributed by atoms with van der Waals surface area (Å²) in [7, 11) is 0. The van der Waals surface area contributed by atoms with Crippen molar-refractivity contribution in [1.29, 1.82) is 0 Å². The molecule has 1 N–H and O–H groups in total. The van der Waals surface area contributed by atoms with E-state index in [0.717, 1.165) is 12.8 Å². The lowest BCUT2D eigenvalue weighted by Gasteiger charge is -2.31. The third-order valence-corrected chi connectivity index (χ3v) is 3.52. The minimum absolute atomic E-state index is 0.0310. The van der Waals surface area contributed by atoms with Gasteiger partial charge < -0.3 is 10.0 Å². The van der Waals surface area contributed by atoms with E-state index in [1.807, 2.05) is 0 Å². The van der Waals surface area contributed by atoms with Crippen molar-refractivity contribution in [2.45, 2.75) is 19.3 Å². The summed E-state index contributed by atoms with van der Waals surface area (Å²) in [5.41, 5.74) is 0.451. The van der Waals surface area contributed by atoms with Gasteiger partial charge in [-0.3, -0.25) is 4.79 Å². The van der Waals surface area contributed by atoms with Crippen LogP contribution in [0.5, 0.6) is 0 Å². The van der Waals surface area contributed by atoms with Crippen LogP contribution in [0.25, 0.3) is 0 Å². The number of nitrogens with zero attached hydrogens (tertiary/aromatic N) is 1. The molecule has 1 aromatic rings. The van der Waals surface area contributed by atoms with Crippen LogP contribution in [0.3, 0.4) is 0 Å². The monoisotopic (exact) mass is 251 g/mol. The van der Waals surface area contributed by atoms with Crippen molar-refractivity contribution < 1.29 is 14.3 Å². The summed E-state index contributed by atoms with van der Waals surface area (Å²) in [6.07, 6.45) is 1.79. The number of carbonyl (C=O) groups is 1. The maximum Gasteiger partial charge on any atom is 0.227 e. The predicted molar refractivity (Wildman–Crippen MR) is 66.5 cm³/mol. The number of piperidine rings is 1. The fourth-order valence-corrected chi connectivity index (χ4v) is 2.28. The lowest BCUT2D eigenvalue weighted by molar-refractivity contribution is -0.132. The van der Waals surface area contributed by atoms with Crippen LogP contribution in [0.1, 0.15) is 18.4 Å². The molecule has 0 spiro atoms. The van der Waals surface area contributed by atoms with E-state index in [0.29, 0.717) is 24.6 Å². The Kier molecular flexibility index (Phi) is 4.31. The number of rotatable bonds is 3. The Balaban J connectivity index is 1.91. The number of hydrogen-bond acceptors (Lipinski definition) is 2. The molecule has 0 atom stereocenters. The third kappa shape index (κ3) is 3.07. The molecular formula is C14H18FNO2. The van der Waals surface area contributed by atoms with E-state index >= 15 is 0 Å². The van der Waals surface area contributed by atoms with Gasteiger partial charge in [-0.2, -0.15) is 0 Å². The molecule has 1 aliphatic rings. The van der Waals surface area contributed by atoms with Crippen molar-refractivity contribution in [2.75, 3.05) is 19.7 Å². The minimum atomic E-state index is -0.323. The van der Waals surface area contributed by atoms with Gasteiger partial charge in [0, 0.05) is 19.7 Å². The number of aliphatic hydroxyl groups excluding tert-OH is 1. The molecular weight excluding hydrogens is 233 g/mol. The first kappa shape index (κ1) is 13.0. The summed E-state index contributed by atoms with van der Waals surface area (Å²) in [4.78, 5) is 13.8. The Morgan fingerprint density at radius 2 is 2.00 bits per heavy atom. The first-order chi connectivity index (χ1) is 8.70. The lowest BCUT2D eigenvalue weighted by atomic mass is 9.97. The van der Waals surface area contributed by atoms with Gasteiger partial charge in [0.15, 0.2) is 0 Å². The highest BCUT2D eigenvalue weighted by Crippen LogP contribution is 2.17. The molecule has 1 heterocycles. The molecule has 0 bridgehead atoms. The molecule has 0 aromatic heterocycles. The molecule has 0 saturated carbocycles. The summed E-state index contributed by atoms with van der Waals surface area (Å²) < 4.78 is 13.4. The van der Waals surface area contributed by atoms with Gasteiger partial charge in [-0.15, -0.1) is 0 Å². The van der Waals surface area contributed by atoms with E-state index in [1.165, 1.54) is 6.07 Å². The molecule has 3 nitrogen and oxygen atoms in total. The highest BCUT2D eigenvalue weighted by atomic mass is 19.1. The minimum Gasteiger partial charge on any atom is -0.396 e. The van der Waals surface area contributed by atoms with E-state index in [9.17, 15) is 9.18 Å². The van der Waals surface area contributed by atoms with Gasteiger partial charge in [-0.25, -0.2) is 4.39 Å². The van der Waals surface area contributed by atoms with Gasteiger partial charge in [-0.1, -0.05) is 18.2 Å². The van der Waals surface area contributed by atoms with Crippen molar-refractivity contribution in [3.05, 3.63) is 35.6 Å². The predicted octanol–water partition coefficient (Wildman–Crippen LogP) is 1.60. The summed E-state index contributed by atoms with van der Waals surface area (Å²) >= 11 is 0. The van der Waals surface area contributed by atoms with E-state index in [-0.39, 0.29) is 24.8 Å². The molecule has 1 aromatic carbocycles. The molecule has 0 unspecified atom stereocenters. The second kappa shape index (κ2) is 5.96. The molecule has 1 amide bonds. The van der Waals surface area contributed by atoms with Crippen molar-refractivity contribution in [1.82, 2.24) is 4.90 Å². The SMILES string of the molecule is O=C(Cc1ccccc1F)N1CCC(CO)CC1. The molecule has 1 fully saturated rings. The van der Waals surface area contributed by atoms with Crippen molar-refractivity contribution in [3.8, 4) is 0 Å². The van der Waals surface area contributed by atoms with Crippen LogP contribution in [0.2, 0.25) is 0 Å². The van der Waals surface area contributed by atoms with Crippen LogP contribution in [0.15, 0.2) is 24.3 Å². The maximum absolute atomic E-state index is 13.4. The zero-order chi connectivity index (χ0) is 13.0. The van der Waals surface area contributed by atoms with Gasteiger partial charge in [-0.05, 0) is 30.4 Å². The van der Waals surface area contributed by atoms with E-state index in [1.54, 1.807) is 23.1 Å². The standard InChI is InChI=1S/C14H18FNO2/c15-13-4-2-1-3-12(13)9-14(18)16-7-5-11(10-17)6-8-16/h1-4,11,17H,5-10H2. The largest absolute Gasteiger partial charge is 0.396 e. The quantitative estimate of drug-likeness (QED) is 0.886. The molecule has 18 heavy (non-hydrogen) atoms. The number of benzene rings is 1. The van der Waals surface area contributed by atoms with Crippen LogP contribution in [-0.4, -0.2) is 35.6 Å². The van der Waals surface area contributed by atoms with Crippen molar-refractivity contribution in [3.63, 3.8) is 0 Å². The average Bonchev–Trinajstić information content (AvgIpc) is 2.41. The second-order valence-corrected chi connectivity index (χ2v) is 4.77. The zero-order valence-corrected chi connectivity index (χ0v) is 10.3. The van der Waals surface area contributed by atoms with Crippen LogP contribution in [0, 0.1) is 11.7 Å². The van der Waals surface area contributed by atoms with Gasteiger partial charge in [0.05, 0.1) is 6.42 Å². The van der Waals surface area contributed by atoms with E-state index < -0.39 is 0 Å². The molecule has 1 saturated heterocycles. The normalized spacial score (nSPS) is 16.9. The first-order valence-corrected chi connectivity index (χ1v) is 6.32. The smallest absolute Gasteiger partial charge is 0.227 e. The Morgan fingerprint density at radius 3 is 2.61 bits per heavy atom. The fourth-order valence-electron chi connectivity index (χ4n) is 2.28. The van der Waals surface area contributed by atoms with Crippen molar-refractivity contribution in [2.24, 2.45) is 5.92 Å². The number of aliphatic hydroxyl groups is 1. The lowest BCUT2D eigenvalue weighted by Crippen LogP contribution is -2.40. The van der Waals surface area contributed by atoms with Gasteiger partial charge in [0.2, 0.25) is 5.91 Å². The summed E-state index contributed by atoms with van der Waals surface area (Å²) in [5.74, 6) is -0.0462. The summed E-state index contributed by atoms with van der Waals surface area (Å²) in [6.45, 7) is 1.52. The Morgan fingerprint density at radius 1 is 1.33 bits per heavy atom. The second-order valence-electron chi connectivity index (χ2n) is 4.77. The Bertz CT molecular complexity index is 414. The molecule has 0 radical (unpaired) electrons. The van der Waals surface area contributed by atoms with Crippen LogP contribution < -0.4 is 0 Å². The van der Waals surface area contributed by atoms with Gasteiger partial charge in [0.25, 0.3) is 0 Å². The van der Waals surface area contributed by atoms with Gasteiger partial charge >= 0.3 is 0 Å². The number of hydrogen-bond donors (Lipinski definition) is 1. The molecule has 0 aliphatic carbocycles. The molecule has 1 aliphatic heterocycles. The number of carbonyl (C=O) groups excluding carboxylic acids is 1. The number of likely N-dealkylation sites (tertiary alicyclic amines) is 1. The van der Waals surface area contributed by atoms with Crippen LogP contribution >= 0.6 is 0 Å². The Hall–Kier alpha value is -1.42. The summed E-state index contributed by atoms with van der Waals surface area (Å²) in [5, 5.41) is 9.03. The van der Waals surface area contributed by atoms with E-state index in [2.05, 4.69) is 0 Å². The van der Waals surface area contributed by atoms with Gasteiger partial charge in [0.1, 0.15) is 5.82 Å². The highest BCUT2D eigenvalue weighted by Gasteiger charge is 2.22. The van der Waals surface area contributed by atoms with Crippen LogP contribution in [-0.2, 0) is 11.2 Å². The van der Waals surface area contributed by atoms with Crippen molar-refractivity contribution >= 4 is 5.91 Å². The summed E-state index contributed by atoms with van der Waals surface area (Å²) in [6, 6.07) is 6.38. The number of halogens is 1. The third-order valence-electron chi connectivity index (χ3n) is 3.52.